The Morgan fingerprint density at radius 1 is 1.47 bits per heavy atom. The van der Waals surface area contributed by atoms with E-state index in [-0.39, 0.29) is 17.0 Å². The SMILES string of the molecule is CC1(C)COCCN1C(=O)c1cccc(=O)[nH]1. The van der Waals surface area contributed by atoms with Crippen molar-refractivity contribution in [3.8, 4) is 0 Å². The molecule has 5 heteroatoms. The monoisotopic (exact) mass is 236 g/mol. The third-order valence-corrected chi connectivity index (χ3v) is 2.89. The number of aromatic amines is 1. The van der Waals surface area contributed by atoms with E-state index in [1.54, 1.807) is 17.0 Å². The van der Waals surface area contributed by atoms with E-state index in [4.69, 9.17) is 4.74 Å². The number of amides is 1. The first-order chi connectivity index (χ1) is 8.00. The molecule has 5 nitrogen and oxygen atoms in total. The normalized spacial score (nSPS) is 19.1. The van der Waals surface area contributed by atoms with E-state index >= 15 is 0 Å². The molecule has 0 saturated carbocycles. The number of hydrogen-bond donors (Lipinski definition) is 1. The molecular formula is C12H16N2O3. The number of ether oxygens (including phenoxy) is 1. The first kappa shape index (κ1) is 11.9. The summed E-state index contributed by atoms with van der Waals surface area (Å²) in [5, 5.41) is 0. The second kappa shape index (κ2) is 4.33. The van der Waals surface area contributed by atoms with Gasteiger partial charge in [-0.3, -0.25) is 9.59 Å². The van der Waals surface area contributed by atoms with Crippen LogP contribution in [0.3, 0.4) is 0 Å². The number of rotatable bonds is 1. The van der Waals surface area contributed by atoms with Crippen LogP contribution in [0.25, 0.3) is 0 Å². The number of carbonyl (C=O) groups excluding carboxylic acids is 1. The maximum absolute atomic E-state index is 12.3. The molecule has 1 aliphatic rings. The van der Waals surface area contributed by atoms with E-state index in [0.717, 1.165) is 0 Å². The molecule has 2 heterocycles. The topological polar surface area (TPSA) is 62.4 Å². The van der Waals surface area contributed by atoms with Gasteiger partial charge in [-0.2, -0.15) is 0 Å². The van der Waals surface area contributed by atoms with Crippen LogP contribution >= 0.6 is 0 Å². The first-order valence-corrected chi connectivity index (χ1v) is 5.60. The van der Waals surface area contributed by atoms with E-state index in [2.05, 4.69) is 4.98 Å². The second-order valence-corrected chi connectivity index (χ2v) is 4.75. The summed E-state index contributed by atoms with van der Waals surface area (Å²) in [6, 6.07) is 4.59. The van der Waals surface area contributed by atoms with Gasteiger partial charge in [0, 0.05) is 12.6 Å². The molecule has 0 aromatic carbocycles. The molecule has 1 amide bonds. The summed E-state index contributed by atoms with van der Waals surface area (Å²) in [6.07, 6.45) is 0. The van der Waals surface area contributed by atoms with Gasteiger partial charge in [0.2, 0.25) is 5.56 Å². The maximum Gasteiger partial charge on any atom is 0.270 e. The summed E-state index contributed by atoms with van der Waals surface area (Å²) >= 11 is 0. The molecule has 1 aromatic rings. The standard InChI is InChI=1S/C12H16N2O3/c1-12(2)8-17-7-6-14(12)11(16)9-4-3-5-10(15)13-9/h3-5H,6-8H2,1-2H3,(H,13,15). The minimum Gasteiger partial charge on any atom is -0.377 e. The fraction of sp³-hybridized carbons (Fsp3) is 0.500. The van der Waals surface area contributed by atoms with Crippen LogP contribution in [0.5, 0.6) is 0 Å². The first-order valence-electron chi connectivity index (χ1n) is 5.60. The van der Waals surface area contributed by atoms with E-state index in [0.29, 0.717) is 25.5 Å². The van der Waals surface area contributed by atoms with Gasteiger partial charge in [-0.15, -0.1) is 0 Å². The summed E-state index contributed by atoms with van der Waals surface area (Å²) in [6.45, 7) is 5.49. The van der Waals surface area contributed by atoms with Crippen LogP contribution in [-0.2, 0) is 4.74 Å². The van der Waals surface area contributed by atoms with Crippen LogP contribution in [0.1, 0.15) is 24.3 Å². The van der Waals surface area contributed by atoms with Crippen LogP contribution in [-0.4, -0.2) is 41.1 Å². The van der Waals surface area contributed by atoms with Gasteiger partial charge in [-0.05, 0) is 19.9 Å². The molecule has 1 aromatic heterocycles. The number of carbonyl (C=O) groups is 1. The zero-order valence-electron chi connectivity index (χ0n) is 10.0. The number of H-pyrrole nitrogens is 1. The van der Waals surface area contributed by atoms with Crippen LogP contribution < -0.4 is 5.56 Å². The molecule has 1 saturated heterocycles. The fourth-order valence-corrected chi connectivity index (χ4v) is 1.95. The van der Waals surface area contributed by atoms with Crippen molar-refractivity contribution in [3.63, 3.8) is 0 Å². The highest BCUT2D eigenvalue weighted by Crippen LogP contribution is 2.20. The second-order valence-electron chi connectivity index (χ2n) is 4.75. The Morgan fingerprint density at radius 2 is 2.24 bits per heavy atom. The zero-order chi connectivity index (χ0) is 12.5. The summed E-state index contributed by atoms with van der Waals surface area (Å²) in [5.41, 5.74) is -0.281. The maximum atomic E-state index is 12.3. The highest BCUT2D eigenvalue weighted by atomic mass is 16.5. The number of aromatic nitrogens is 1. The van der Waals surface area contributed by atoms with Gasteiger partial charge in [-0.1, -0.05) is 6.07 Å². The molecule has 1 N–H and O–H groups in total. The lowest BCUT2D eigenvalue weighted by Crippen LogP contribution is -2.55. The molecule has 0 radical (unpaired) electrons. The number of nitrogens with zero attached hydrogens (tertiary/aromatic N) is 1. The van der Waals surface area contributed by atoms with Crippen molar-refractivity contribution in [1.82, 2.24) is 9.88 Å². The summed E-state index contributed by atoms with van der Waals surface area (Å²) in [4.78, 5) is 27.7. The predicted molar refractivity (Wildman–Crippen MR) is 63.0 cm³/mol. The van der Waals surface area contributed by atoms with Crippen molar-refractivity contribution >= 4 is 5.91 Å². The average Bonchev–Trinajstić information content (AvgIpc) is 2.27. The molecule has 0 atom stereocenters. The number of nitrogens with one attached hydrogen (secondary N) is 1. The van der Waals surface area contributed by atoms with Crippen molar-refractivity contribution in [3.05, 3.63) is 34.2 Å². The van der Waals surface area contributed by atoms with Gasteiger partial charge in [0.05, 0.1) is 18.8 Å². The molecular weight excluding hydrogens is 220 g/mol. The summed E-state index contributed by atoms with van der Waals surface area (Å²) < 4.78 is 5.36. The molecule has 2 rings (SSSR count). The van der Waals surface area contributed by atoms with Gasteiger partial charge in [0.25, 0.3) is 5.91 Å². The quantitative estimate of drug-likeness (QED) is 0.777. The van der Waals surface area contributed by atoms with E-state index in [9.17, 15) is 9.59 Å². The Kier molecular flexibility index (Phi) is 3.02. The van der Waals surface area contributed by atoms with E-state index < -0.39 is 0 Å². The predicted octanol–water partition coefficient (Wildman–Crippen LogP) is 0.626. The average molecular weight is 236 g/mol. The molecule has 1 aliphatic heterocycles. The molecule has 0 aliphatic carbocycles. The minimum absolute atomic E-state index is 0.156. The van der Waals surface area contributed by atoms with Crippen molar-refractivity contribution in [2.75, 3.05) is 19.8 Å². The van der Waals surface area contributed by atoms with Crippen LogP contribution in [0.2, 0.25) is 0 Å². The Labute approximate surface area is 99.4 Å². The Morgan fingerprint density at radius 3 is 2.88 bits per heavy atom. The summed E-state index contributed by atoms with van der Waals surface area (Å²) in [5.74, 6) is -0.156. The van der Waals surface area contributed by atoms with Gasteiger partial charge in [0.15, 0.2) is 0 Å². The molecule has 1 fully saturated rings. The molecule has 17 heavy (non-hydrogen) atoms. The van der Waals surface area contributed by atoms with Crippen molar-refractivity contribution < 1.29 is 9.53 Å². The zero-order valence-corrected chi connectivity index (χ0v) is 10.0. The Hall–Kier alpha value is -1.62. The van der Waals surface area contributed by atoms with Crippen molar-refractivity contribution in [2.24, 2.45) is 0 Å². The number of morpholine rings is 1. The largest absolute Gasteiger partial charge is 0.377 e. The minimum atomic E-state index is -0.345. The molecule has 0 spiro atoms. The van der Waals surface area contributed by atoms with Gasteiger partial charge < -0.3 is 14.6 Å². The molecule has 0 bridgehead atoms. The smallest absolute Gasteiger partial charge is 0.270 e. The van der Waals surface area contributed by atoms with E-state index in [1.165, 1.54) is 6.07 Å². The van der Waals surface area contributed by atoms with Gasteiger partial charge in [0.1, 0.15) is 5.69 Å². The molecule has 92 valence electrons. The lowest BCUT2D eigenvalue weighted by Gasteiger charge is -2.41. The lowest BCUT2D eigenvalue weighted by molar-refractivity contribution is -0.0373. The third-order valence-electron chi connectivity index (χ3n) is 2.89. The van der Waals surface area contributed by atoms with Gasteiger partial charge in [-0.25, -0.2) is 0 Å². The molecule has 0 unspecified atom stereocenters. The van der Waals surface area contributed by atoms with Crippen LogP contribution in [0.4, 0.5) is 0 Å². The van der Waals surface area contributed by atoms with Crippen molar-refractivity contribution in [1.29, 1.82) is 0 Å². The number of pyridine rings is 1. The van der Waals surface area contributed by atoms with Crippen LogP contribution in [0.15, 0.2) is 23.0 Å². The Bertz CT molecular complexity index is 479. The fourth-order valence-electron chi connectivity index (χ4n) is 1.95. The highest BCUT2D eigenvalue weighted by Gasteiger charge is 2.34. The number of hydrogen-bond acceptors (Lipinski definition) is 3. The van der Waals surface area contributed by atoms with E-state index in [1.807, 2.05) is 13.8 Å². The lowest BCUT2D eigenvalue weighted by atomic mass is 10.0. The summed E-state index contributed by atoms with van der Waals surface area (Å²) in [7, 11) is 0. The highest BCUT2D eigenvalue weighted by molar-refractivity contribution is 5.92. The van der Waals surface area contributed by atoms with Crippen molar-refractivity contribution in [2.45, 2.75) is 19.4 Å². The Balaban J connectivity index is 2.28. The van der Waals surface area contributed by atoms with Crippen LogP contribution in [0, 0.1) is 0 Å². The third kappa shape index (κ3) is 2.39. The van der Waals surface area contributed by atoms with Gasteiger partial charge >= 0.3 is 0 Å².